The molecule has 1 heterocycles. The molecule has 0 aliphatic heterocycles. The normalized spacial score (nSPS) is 11.3. The highest BCUT2D eigenvalue weighted by Crippen LogP contribution is 2.27. The monoisotopic (exact) mass is 298 g/mol. The van der Waals surface area contributed by atoms with Gasteiger partial charge in [0.2, 0.25) is 0 Å². The second-order valence-electron chi connectivity index (χ2n) is 3.86. The topological polar surface area (TPSA) is 98.0 Å². The second kappa shape index (κ2) is 5.02. The van der Waals surface area contributed by atoms with E-state index in [0.717, 1.165) is 0 Å². The maximum atomic E-state index is 12.1. The minimum Gasteiger partial charge on any atom is -0.397 e. The van der Waals surface area contributed by atoms with Crippen LogP contribution in [0, 0.1) is 6.92 Å². The van der Waals surface area contributed by atoms with E-state index in [4.69, 9.17) is 17.3 Å². The summed E-state index contributed by atoms with van der Waals surface area (Å²) in [5.41, 5.74) is 6.45. The van der Waals surface area contributed by atoms with Crippen LogP contribution >= 0.6 is 11.6 Å². The fraction of sp³-hybridized carbons (Fsp3) is 0.0909. The number of nitrogens with zero attached hydrogens (tertiary/aromatic N) is 2. The summed E-state index contributed by atoms with van der Waals surface area (Å²) in [5, 5.41) is 7.59. The predicted molar refractivity (Wildman–Crippen MR) is 73.4 cm³/mol. The fourth-order valence-corrected chi connectivity index (χ4v) is 2.70. The number of nitrogens with two attached hydrogens (primary N) is 1. The first-order chi connectivity index (χ1) is 8.90. The zero-order valence-corrected chi connectivity index (χ0v) is 11.5. The summed E-state index contributed by atoms with van der Waals surface area (Å²) in [6, 6.07) is 5.81. The smallest absolute Gasteiger partial charge is 0.263 e. The van der Waals surface area contributed by atoms with Gasteiger partial charge in [0.05, 0.1) is 15.6 Å². The van der Waals surface area contributed by atoms with Crippen molar-refractivity contribution in [2.24, 2.45) is 0 Å². The molecule has 0 aliphatic carbocycles. The van der Waals surface area contributed by atoms with Crippen molar-refractivity contribution < 1.29 is 8.42 Å². The van der Waals surface area contributed by atoms with Gasteiger partial charge < -0.3 is 5.73 Å². The Hall–Kier alpha value is -1.86. The summed E-state index contributed by atoms with van der Waals surface area (Å²) in [4.78, 5) is 0.0255. The summed E-state index contributed by atoms with van der Waals surface area (Å²) in [6.45, 7) is 1.68. The van der Waals surface area contributed by atoms with Gasteiger partial charge in [0, 0.05) is 6.20 Å². The molecule has 0 radical (unpaired) electrons. The van der Waals surface area contributed by atoms with Gasteiger partial charge in [0.15, 0.2) is 5.82 Å². The number of halogens is 1. The SMILES string of the molecule is Cc1cc(S(=O)(=O)Nc2cccnn2)cc(N)c1Cl. The minimum atomic E-state index is -3.77. The molecule has 0 bridgehead atoms. The van der Waals surface area contributed by atoms with Gasteiger partial charge >= 0.3 is 0 Å². The van der Waals surface area contributed by atoms with E-state index in [1.165, 1.54) is 24.4 Å². The van der Waals surface area contributed by atoms with Crippen LogP contribution in [0.15, 0.2) is 35.4 Å². The molecule has 0 aliphatic rings. The van der Waals surface area contributed by atoms with Crippen LogP contribution in [0.3, 0.4) is 0 Å². The van der Waals surface area contributed by atoms with Gasteiger partial charge in [-0.2, -0.15) is 5.10 Å². The van der Waals surface area contributed by atoms with E-state index in [1.807, 2.05) is 0 Å². The van der Waals surface area contributed by atoms with Gasteiger partial charge in [-0.25, -0.2) is 8.42 Å². The van der Waals surface area contributed by atoms with Crippen molar-refractivity contribution in [3.63, 3.8) is 0 Å². The predicted octanol–water partition coefficient (Wildman–Crippen LogP) is 1.82. The zero-order chi connectivity index (χ0) is 14.0. The molecule has 0 amide bonds. The lowest BCUT2D eigenvalue weighted by Crippen LogP contribution is -2.14. The van der Waals surface area contributed by atoms with E-state index in [0.29, 0.717) is 10.6 Å². The Kier molecular flexibility index (Phi) is 3.59. The van der Waals surface area contributed by atoms with Crippen molar-refractivity contribution in [1.82, 2.24) is 10.2 Å². The average molecular weight is 299 g/mol. The van der Waals surface area contributed by atoms with Crippen LogP contribution in [-0.4, -0.2) is 18.6 Å². The van der Waals surface area contributed by atoms with Crippen LogP contribution in [-0.2, 0) is 10.0 Å². The Morgan fingerprint density at radius 3 is 2.68 bits per heavy atom. The Labute approximate surface area is 115 Å². The van der Waals surface area contributed by atoms with Gasteiger partial charge in [-0.15, -0.1) is 5.10 Å². The van der Waals surface area contributed by atoms with Gasteiger partial charge in [0.1, 0.15) is 0 Å². The van der Waals surface area contributed by atoms with Crippen molar-refractivity contribution in [2.45, 2.75) is 11.8 Å². The maximum Gasteiger partial charge on any atom is 0.263 e. The Morgan fingerprint density at radius 2 is 2.11 bits per heavy atom. The zero-order valence-electron chi connectivity index (χ0n) is 9.96. The number of nitrogen functional groups attached to an aromatic ring is 1. The number of rotatable bonds is 3. The Morgan fingerprint density at radius 1 is 1.37 bits per heavy atom. The Balaban J connectivity index is 2.40. The molecule has 0 unspecified atom stereocenters. The molecule has 2 aromatic rings. The molecule has 0 atom stereocenters. The third kappa shape index (κ3) is 2.94. The minimum absolute atomic E-state index is 0.0255. The molecule has 0 fully saturated rings. The van der Waals surface area contributed by atoms with E-state index >= 15 is 0 Å². The number of sulfonamides is 1. The van der Waals surface area contributed by atoms with E-state index < -0.39 is 10.0 Å². The first kappa shape index (κ1) is 13.6. The molecule has 0 saturated heterocycles. The third-order valence-electron chi connectivity index (χ3n) is 2.38. The summed E-state index contributed by atoms with van der Waals surface area (Å²) < 4.78 is 26.6. The van der Waals surface area contributed by atoms with Crippen LogP contribution in [0.1, 0.15) is 5.56 Å². The van der Waals surface area contributed by atoms with Crippen LogP contribution in [0.4, 0.5) is 11.5 Å². The standard InChI is InChI=1S/C11H11ClN4O2S/c1-7-5-8(6-9(13)11(7)12)19(17,18)16-10-3-2-4-14-15-10/h2-6H,13H2,1H3,(H,15,16). The van der Waals surface area contributed by atoms with Crippen molar-refractivity contribution in [3.8, 4) is 0 Å². The summed E-state index contributed by atoms with van der Waals surface area (Å²) in [5.74, 6) is 0.133. The van der Waals surface area contributed by atoms with E-state index in [1.54, 1.807) is 13.0 Å². The molecule has 3 N–H and O–H groups in total. The summed E-state index contributed by atoms with van der Waals surface area (Å²) in [6.07, 6.45) is 1.45. The number of aryl methyl sites for hydroxylation is 1. The number of anilines is 2. The molecule has 0 spiro atoms. The molecule has 1 aromatic heterocycles. The molecule has 19 heavy (non-hydrogen) atoms. The van der Waals surface area contributed by atoms with Crippen molar-refractivity contribution in [1.29, 1.82) is 0 Å². The molecule has 1 aromatic carbocycles. The first-order valence-electron chi connectivity index (χ1n) is 5.26. The van der Waals surface area contributed by atoms with Gasteiger partial charge in [-0.05, 0) is 36.8 Å². The number of aromatic nitrogens is 2. The van der Waals surface area contributed by atoms with E-state index in [-0.39, 0.29) is 16.4 Å². The van der Waals surface area contributed by atoms with Gasteiger partial charge in [-0.1, -0.05) is 11.6 Å². The van der Waals surface area contributed by atoms with Crippen molar-refractivity contribution in [2.75, 3.05) is 10.5 Å². The lowest BCUT2D eigenvalue weighted by atomic mass is 10.2. The Bertz CT molecular complexity index is 681. The quantitative estimate of drug-likeness (QED) is 0.842. The lowest BCUT2D eigenvalue weighted by molar-refractivity contribution is 0.601. The molecule has 0 saturated carbocycles. The molecule has 100 valence electrons. The fourth-order valence-electron chi connectivity index (χ4n) is 1.47. The maximum absolute atomic E-state index is 12.1. The largest absolute Gasteiger partial charge is 0.397 e. The van der Waals surface area contributed by atoms with E-state index in [2.05, 4.69) is 14.9 Å². The van der Waals surface area contributed by atoms with Crippen molar-refractivity contribution >= 4 is 33.1 Å². The summed E-state index contributed by atoms with van der Waals surface area (Å²) in [7, 11) is -3.77. The number of nitrogens with one attached hydrogen (secondary N) is 1. The highest BCUT2D eigenvalue weighted by atomic mass is 35.5. The van der Waals surface area contributed by atoms with Gasteiger partial charge in [-0.3, -0.25) is 4.72 Å². The highest BCUT2D eigenvalue weighted by Gasteiger charge is 2.17. The highest BCUT2D eigenvalue weighted by molar-refractivity contribution is 7.92. The molecule has 2 rings (SSSR count). The van der Waals surface area contributed by atoms with Crippen LogP contribution in [0.5, 0.6) is 0 Å². The molecule has 6 nitrogen and oxygen atoms in total. The first-order valence-corrected chi connectivity index (χ1v) is 7.12. The van der Waals surface area contributed by atoms with Crippen molar-refractivity contribution in [3.05, 3.63) is 41.0 Å². The van der Waals surface area contributed by atoms with Crippen LogP contribution in [0.25, 0.3) is 0 Å². The van der Waals surface area contributed by atoms with E-state index in [9.17, 15) is 8.42 Å². The number of hydrogen-bond acceptors (Lipinski definition) is 5. The van der Waals surface area contributed by atoms with Crippen LogP contribution < -0.4 is 10.5 Å². The molecular weight excluding hydrogens is 288 g/mol. The number of hydrogen-bond donors (Lipinski definition) is 2. The molecular formula is C11H11ClN4O2S. The molecule has 8 heteroatoms. The lowest BCUT2D eigenvalue weighted by Gasteiger charge is -2.09. The second-order valence-corrected chi connectivity index (χ2v) is 5.92. The van der Waals surface area contributed by atoms with Gasteiger partial charge in [0.25, 0.3) is 10.0 Å². The number of benzene rings is 1. The third-order valence-corrected chi connectivity index (χ3v) is 4.23. The van der Waals surface area contributed by atoms with Crippen LogP contribution in [0.2, 0.25) is 5.02 Å². The summed E-state index contributed by atoms with van der Waals surface area (Å²) >= 11 is 5.90. The average Bonchev–Trinajstić information content (AvgIpc) is 2.36.